The van der Waals surface area contributed by atoms with Gasteiger partial charge in [-0.1, -0.05) is 6.07 Å². The molecule has 1 amide bonds. The molecule has 5 heteroatoms. The summed E-state index contributed by atoms with van der Waals surface area (Å²) in [5, 5.41) is 8.94. The summed E-state index contributed by atoms with van der Waals surface area (Å²) < 4.78 is 0. The normalized spacial score (nSPS) is 10.9. The smallest absolute Gasteiger partial charge is 0.318 e. The zero-order chi connectivity index (χ0) is 12.3. The van der Waals surface area contributed by atoms with Gasteiger partial charge in [-0.05, 0) is 26.0 Å². The van der Waals surface area contributed by atoms with Gasteiger partial charge < -0.3 is 5.11 Å². The Morgan fingerprint density at radius 1 is 1.38 bits per heavy atom. The highest BCUT2D eigenvalue weighted by molar-refractivity contribution is 6.08. The maximum absolute atomic E-state index is 11.9. The Hall–Kier alpha value is -1.91. The highest BCUT2D eigenvalue weighted by Gasteiger charge is 2.38. The van der Waals surface area contributed by atoms with Gasteiger partial charge in [0.2, 0.25) is 5.91 Å². The van der Waals surface area contributed by atoms with Crippen LogP contribution in [0, 0.1) is 5.41 Å². The van der Waals surface area contributed by atoms with Crippen molar-refractivity contribution < 1.29 is 14.7 Å². The predicted octanol–water partition coefficient (Wildman–Crippen LogP) is 1.16. The number of hydrogen-bond acceptors (Lipinski definition) is 3. The van der Waals surface area contributed by atoms with Crippen molar-refractivity contribution >= 4 is 17.7 Å². The Morgan fingerprint density at radius 3 is 2.44 bits per heavy atom. The van der Waals surface area contributed by atoms with Crippen LogP contribution in [0.15, 0.2) is 24.4 Å². The maximum Gasteiger partial charge on any atom is 0.318 e. The third kappa shape index (κ3) is 2.18. The number of aromatic nitrogens is 1. The van der Waals surface area contributed by atoms with Crippen LogP contribution < -0.4 is 4.90 Å². The third-order valence-electron chi connectivity index (χ3n) is 2.37. The molecule has 5 nitrogen and oxygen atoms in total. The van der Waals surface area contributed by atoms with E-state index in [0.717, 1.165) is 0 Å². The summed E-state index contributed by atoms with van der Waals surface area (Å²) in [5.74, 6) is -1.22. The summed E-state index contributed by atoms with van der Waals surface area (Å²) in [7, 11) is 1.51. The second-order valence-corrected chi connectivity index (χ2v) is 3.98. The molecule has 0 atom stereocenters. The van der Waals surface area contributed by atoms with Crippen molar-refractivity contribution in [3.63, 3.8) is 0 Å². The van der Waals surface area contributed by atoms with Gasteiger partial charge in [0.05, 0.1) is 0 Å². The maximum atomic E-state index is 11.9. The van der Waals surface area contributed by atoms with Gasteiger partial charge in [-0.2, -0.15) is 0 Å². The SMILES string of the molecule is CN(C(=O)C(C)(C)C(=O)O)c1ccccn1. The molecular formula is C11H14N2O3. The summed E-state index contributed by atoms with van der Waals surface area (Å²) in [5.41, 5.74) is -1.45. The van der Waals surface area contributed by atoms with E-state index in [4.69, 9.17) is 5.11 Å². The van der Waals surface area contributed by atoms with Gasteiger partial charge in [-0.15, -0.1) is 0 Å². The fraction of sp³-hybridized carbons (Fsp3) is 0.364. The lowest BCUT2D eigenvalue weighted by Gasteiger charge is -2.25. The molecule has 0 radical (unpaired) electrons. The molecule has 1 rings (SSSR count). The average molecular weight is 222 g/mol. The molecule has 0 aliphatic carbocycles. The van der Waals surface area contributed by atoms with E-state index in [2.05, 4.69) is 4.98 Å². The van der Waals surface area contributed by atoms with Crippen LogP contribution in [0.25, 0.3) is 0 Å². The number of aliphatic carboxylic acids is 1. The molecule has 1 aromatic rings. The van der Waals surface area contributed by atoms with Crippen molar-refractivity contribution in [2.45, 2.75) is 13.8 Å². The van der Waals surface area contributed by atoms with Crippen molar-refractivity contribution in [2.24, 2.45) is 5.41 Å². The zero-order valence-corrected chi connectivity index (χ0v) is 9.47. The number of carboxylic acid groups (broad SMARTS) is 1. The first kappa shape index (κ1) is 12.2. The zero-order valence-electron chi connectivity index (χ0n) is 9.47. The number of rotatable bonds is 3. The molecule has 0 saturated heterocycles. The largest absolute Gasteiger partial charge is 0.480 e. The summed E-state index contributed by atoms with van der Waals surface area (Å²) in [4.78, 5) is 28.1. The molecule has 0 unspecified atom stereocenters. The van der Waals surface area contributed by atoms with E-state index in [1.54, 1.807) is 24.4 Å². The topological polar surface area (TPSA) is 70.5 Å². The summed E-state index contributed by atoms with van der Waals surface area (Å²) >= 11 is 0. The van der Waals surface area contributed by atoms with E-state index in [-0.39, 0.29) is 0 Å². The fourth-order valence-corrected chi connectivity index (χ4v) is 1.17. The summed E-state index contributed by atoms with van der Waals surface area (Å²) in [6, 6.07) is 5.11. The molecule has 86 valence electrons. The molecule has 0 bridgehead atoms. The number of carbonyl (C=O) groups excluding carboxylic acids is 1. The molecule has 0 aliphatic rings. The van der Waals surface area contributed by atoms with Gasteiger partial charge in [0.1, 0.15) is 11.2 Å². The van der Waals surface area contributed by atoms with Gasteiger partial charge in [0.15, 0.2) is 0 Å². The Morgan fingerprint density at radius 2 is 2.00 bits per heavy atom. The van der Waals surface area contributed by atoms with Crippen molar-refractivity contribution in [3.05, 3.63) is 24.4 Å². The lowest BCUT2D eigenvalue weighted by molar-refractivity contribution is -0.152. The van der Waals surface area contributed by atoms with Crippen molar-refractivity contribution in [1.29, 1.82) is 0 Å². The number of amides is 1. The van der Waals surface area contributed by atoms with Crippen LogP contribution >= 0.6 is 0 Å². The minimum absolute atomic E-state index is 0.432. The summed E-state index contributed by atoms with van der Waals surface area (Å²) in [6.07, 6.45) is 1.55. The van der Waals surface area contributed by atoms with E-state index >= 15 is 0 Å². The number of hydrogen-bond donors (Lipinski definition) is 1. The Kier molecular flexibility index (Phi) is 3.27. The predicted molar refractivity (Wildman–Crippen MR) is 59.1 cm³/mol. The lowest BCUT2D eigenvalue weighted by atomic mass is 9.92. The monoisotopic (exact) mass is 222 g/mol. The minimum Gasteiger partial charge on any atom is -0.480 e. The van der Waals surface area contributed by atoms with Crippen LogP contribution in [0.4, 0.5) is 5.82 Å². The van der Waals surface area contributed by atoms with Crippen LogP contribution in [0.3, 0.4) is 0 Å². The van der Waals surface area contributed by atoms with Crippen LogP contribution in [0.5, 0.6) is 0 Å². The van der Waals surface area contributed by atoms with Crippen molar-refractivity contribution in [1.82, 2.24) is 4.98 Å². The quantitative estimate of drug-likeness (QED) is 0.779. The molecular weight excluding hydrogens is 208 g/mol. The van der Waals surface area contributed by atoms with Crippen LogP contribution in [0.1, 0.15) is 13.8 Å². The molecule has 1 heterocycles. The molecule has 16 heavy (non-hydrogen) atoms. The van der Waals surface area contributed by atoms with Gasteiger partial charge in [0.25, 0.3) is 0 Å². The van der Waals surface area contributed by atoms with Gasteiger partial charge in [0, 0.05) is 13.2 Å². The standard InChI is InChI=1S/C11H14N2O3/c1-11(2,10(15)16)9(14)13(3)8-6-4-5-7-12-8/h4-7H,1-3H3,(H,15,16). The molecule has 1 N–H and O–H groups in total. The fourth-order valence-electron chi connectivity index (χ4n) is 1.17. The number of pyridine rings is 1. The first-order valence-electron chi connectivity index (χ1n) is 4.80. The van der Waals surface area contributed by atoms with E-state index in [0.29, 0.717) is 5.82 Å². The van der Waals surface area contributed by atoms with Gasteiger partial charge in [-0.3, -0.25) is 14.5 Å². The average Bonchev–Trinajstić information content (AvgIpc) is 2.28. The first-order valence-corrected chi connectivity index (χ1v) is 4.80. The number of carboxylic acids is 1. The van der Waals surface area contributed by atoms with E-state index in [9.17, 15) is 9.59 Å². The van der Waals surface area contributed by atoms with E-state index in [1.807, 2.05) is 0 Å². The molecule has 1 aromatic heterocycles. The Labute approximate surface area is 93.7 Å². The number of anilines is 1. The van der Waals surface area contributed by atoms with E-state index in [1.165, 1.54) is 25.8 Å². The molecule has 0 aliphatic heterocycles. The second-order valence-electron chi connectivity index (χ2n) is 3.98. The highest BCUT2D eigenvalue weighted by Crippen LogP contribution is 2.21. The van der Waals surface area contributed by atoms with Crippen molar-refractivity contribution in [3.8, 4) is 0 Å². The Balaban J connectivity index is 2.96. The second kappa shape index (κ2) is 4.30. The van der Waals surface area contributed by atoms with E-state index < -0.39 is 17.3 Å². The molecule has 0 fully saturated rings. The Bertz CT molecular complexity index is 401. The van der Waals surface area contributed by atoms with Crippen molar-refractivity contribution in [2.75, 3.05) is 11.9 Å². The van der Waals surface area contributed by atoms with Gasteiger partial charge >= 0.3 is 5.97 Å². The summed E-state index contributed by atoms with van der Waals surface area (Å²) in [6.45, 7) is 2.74. The van der Waals surface area contributed by atoms with Crippen LogP contribution in [-0.4, -0.2) is 29.0 Å². The third-order valence-corrected chi connectivity index (χ3v) is 2.37. The number of nitrogens with zero attached hydrogens (tertiary/aromatic N) is 2. The molecule has 0 saturated carbocycles. The first-order chi connectivity index (χ1) is 7.37. The lowest BCUT2D eigenvalue weighted by Crippen LogP contribution is -2.43. The molecule has 0 aromatic carbocycles. The van der Waals surface area contributed by atoms with Crippen LogP contribution in [0.2, 0.25) is 0 Å². The van der Waals surface area contributed by atoms with Gasteiger partial charge in [-0.25, -0.2) is 4.98 Å². The minimum atomic E-state index is -1.45. The van der Waals surface area contributed by atoms with Crippen LogP contribution in [-0.2, 0) is 9.59 Å². The number of carbonyl (C=O) groups is 2. The highest BCUT2D eigenvalue weighted by atomic mass is 16.4. The molecule has 0 spiro atoms.